The van der Waals surface area contributed by atoms with Gasteiger partial charge < -0.3 is 5.11 Å². The number of aryl methyl sites for hydroxylation is 2. The zero-order valence-corrected chi connectivity index (χ0v) is 12.0. The topological polar surface area (TPSA) is 38.0 Å². The Bertz CT molecular complexity index is 522. The normalized spacial score (nSPS) is 12.7. The van der Waals surface area contributed by atoms with Gasteiger partial charge in [0.2, 0.25) is 0 Å². The number of aliphatic hydroxyl groups excluding tert-OH is 1. The van der Waals surface area contributed by atoms with E-state index >= 15 is 0 Å². The van der Waals surface area contributed by atoms with Crippen LogP contribution in [-0.2, 0) is 6.54 Å². The molecular formula is C13H15IN2O. The molecule has 4 heteroatoms. The van der Waals surface area contributed by atoms with Crippen LogP contribution in [0.3, 0.4) is 0 Å². The first-order chi connectivity index (χ1) is 8.15. The summed E-state index contributed by atoms with van der Waals surface area (Å²) in [6.07, 6.45) is 1.12. The Balaban J connectivity index is 2.44. The third-order valence-electron chi connectivity index (χ3n) is 2.85. The SMILES string of the molecule is CCn1nccc1C(O)c1cccc(C)c1I. The van der Waals surface area contributed by atoms with E-state index < -0.39 is 6.10 Å². The molecule has 1 N–H and O–H groups in total. The number of hydrogen-bond donors (Lipinski definition) is 1. The minimum Gasteiger partial charge on any atom is -0.382 e. The molecule has 0 saturated carbocycles. The lowest BCUT2D eigenvalue weighted by atomic mass is 10.0. The molecule has 0 amide bonds. The maximum atomic E-state index is 10.4. The Morgan fingerprint density at radius 2 is 2.18 bits per heavy atom. The van der Waals surface area contributed by atoms with E-state index in [4.69, 9.17) is 0 Å². The summed E-state index contributed by atoms with van der Waals surface area (Å²) in [5.41, 5.74) is 2.97. The molecule has 17 heavy (non-hydrogen) atoms. The molecule has 0 bridgehead atoms. The maximum Gasteiger partial charge on any atom is 0.122 e. The van der Waals surface area contributed by atoms with E-state index in [1.165, 1.54) is 5.56 Å². The second kappa shape index (κ2) is 5.18. The first-order valence-corrected chi connectivity index (χ1v) is 6.67. The largest absolute Gasteiger partial charge is 0.382 e. The number of halogens is 1. The van der Waals surface area contributed by atoms with E-state index in [0.29, 0.717) is 0 Å². The minimum atomic E-state index is -0.607. The van der Waals surface area contributed by atoms with Gasteiger partial charge in [-0.3, -0.25) is 4.68 Å². The van der Waals surface area contributed by atoms with Crippen molar-refractivity contribution in [3.8, 4) is 0 Å². The smallest absolute Gasteiger partial charge is 0.122 e. The van der Waals surface area contributed by atoms with Crippen molar-refractivity contribution in [3.05, 3.63) is 50.9 Å². The van der Waals surface area contributed by atoms with Crippen LogP contribution in [0, 0.1) is 10.5 Å². The number of aromatic nitrogens is 2. The van der Waals surface area contributed by atoms with Crippen LogP contribution in [0.1, 0.15) is 29.8 Å². The van der Waals surface area contributed by atoms with Crippen molar-refractivity contribution in [1.29, 1.82) is 0 Å². The quantitative estimate of drug-likeness (QED) is 0.871. The molecule has 1 aromatic carbocycles. The molecule has 0 radical (unpaired) electrons. The molecule has 1 heterocycles. The third-order valence-corrected chi connectivity index (χ3v) is 4.32. The fourth-order valence-electron chi connectivity index (χ4n) is 1.88. The first-order valence-electron chi connectivity index (χ1n) is 5.60. The molecule has 0 aliphatic heterocycles. The summed E-state index contributed by atoms with van der Waals surface area (Å²) in [7, 11) is 0. The van der Waals surface area contributed by atoms with Gasteiger partial charge in [-0.2, -0.15) is 5.10 Å². The van der Waals surface area contributed by atoms with Crippen LogP contribution in [0.15, 0.2) is 30.5 Å². The fraction of sp³-hybridized carbons (Fsp3) is 0.308. The summed E-state index contributed by atoms with van der Waals surface area (Å²) in [6, 6.07) is 7.86. The maximum absolute atomic E-state index is 10.4. The van der Waals surface area contributed by atoms with E-state index in [0.717, 1.165) is 21.4 Å². The van der Waals surface area contributed by atoms with Crippen molar-refractivity contribution in [2.75, 3.05) is 0 Å². The number of nitrogens with zero attached hydrogens (tertiary/aromatic N) is 2. The molecule has 1 unspecified atom stereocenters. The van der Waals surface area contributed by atoms with Crippen molar-refractivity contribution in [3.63, 3.8) is 0 Å². The van der Waals surface area contributed by atoms with E-state index in [1.807, 2.05) is 29.8 Å². The van der Waals surface area contributed by atoms with E-state index in [9.17, 15) is 5.11 Å². The van der Waals surface area contributed by atoms with Gasteiger partial charge in [0.25, 0.3) is 0 Å². The van der Waals surface area contributed by atoms with Crippen molar-refractivity contribution in [2.24, 2.45) is 0 Å². The molecule has 1 aromatic heterocycles. The third kappa shape index (κ3) is 2.37. The number of rotatable bonds is 3. The molecule has 2 rings (SSSR count). The van der Waals surface area contributed by atoms with Crippen LogP contribution in [0.5, 0.6) is 0 Å². The average Bonchev–Trinajstić information content (AvgIpc) is 2.80. The van der Waals surface area contributed by atoms with Gasteiger partial charge in [0.1, 0.15) is 6.10 Å². The Kier molecular flexibility index (Phi) is 3.83. The monoisotopic (exact) mass is 342 g/mol. The molecule has 0 aliphatic rings. The standard InChI is InChI=1S/C13H15IN2O/c1-3-16-11(7-8-15-16)13(17)10-6-4-5-9(2)12(10)14/h4-8,13,17H,3H2,1-2H3. The van der Waals surface area contributed by atoms with Gasteiger partial charge in [0, 0.05) is 21.9 Å². The van der Waals surface area contributed by atoms with Crippen LogP contribution in [0.4, 0.5) is 0 Å². The summed E-state index contributed by atoms with van der Waals surface area (Å²) in [4.78, 5) is 0. The average molecular weight is 342 g/mol. The van der Waals surface area contributed by atoms with Crippen molar-refractivity contribution >= 4 is 22.6 Å². The first kappa shape index (κ1) is 12.6. The molecule has 0 spiro atoms. The van der Waals surface area contributed by atoms with Gasteiger partial charge >= 0.3 is 0 Å². The van der Waals surface area contributed by atoms with Crippen LogP contribution in [0.25, 0.3) is 0 Å². The highest BCUT2D eigenvalue weighted by molar-refractivity contribution is 14.1. The van der Waals surface area contributed by atoms with Crippen molar-refractivity contribution in [1.82, 2.24) is 9.78 Å². The summed E-state index contributed by atoms with van der Waals surface area (Å²) in [5.74, 6) is 0. The van der Waals surface area contributed by atoms with E-state index in [1.54, 1.807) is 6.20 Å². The summed E-state index contributed by atoms with van der Waals surface area (Å²) < 4.78 is 2.93. The van der Waals surface area contributed by atoms with Gasteiger partial charge in [-0.05, 0) is 48.1 Å². The molecule has 3 nitrogen and oxygen atoms in total. The van der Waals surface area contributed by atoms with Crippen LogP contribution in [0.2, 0.25) is 0 Å². The van der Waals surface area contributed by atoms with Gasteiger partial charge in [-0.25, -0.2) is 0 Å². The molecule has 0 fully saturated rings. The zero-order valence-electron chi connectivity index (χ0n) is 9.89. The van der Waals surface area contributed by atoms with Crippen LogP contribution >= 0.6 is 22.6 Å². The highest BCUT2D eigenvalue weighted by Crippen LogP contribution is 2.27. The molecule has 2 aromatic rings. The molecule has 0 aliphatic carbocycles. The molecule has 1 atom stereocenters. The van der Waals surface area contributed by atoms with Gasteiger partial charge in [-0.15, -0.1) is 0 Å². The van der Waals surface area contributed by atoms with Gasteiger partial charge in [0.05, 0.1) is 5.69 Å². The predicted molar refractivity (Wildman–Crippen MR) is 75.9 cm³/mol. The molecule has 90 valence electrons. The van der Waals surface area contributed by atoms with Crippen molar-refractivity contribution < 1.29 is 5.11 Å². The second-order valence-electron chi connectivity index (χ2n) is 3.95. The van der Waals surface area contributed by atoms with Crippen LogP contribution in [-0.4, -0.2) is 14.9 Å². The highest BCUT2D eigenvalue weighted by Gasteiger charge is 2.17. The van der Waals surface area contributed by atoms with Crippen molar-refractivity contribution in [2.45, 2.75) is 26.5 Å². The highest BCUT2D eigenvalue weighted by atomic mass is 127. The van der Waals surface area contributed by atoms with Gasteiger partial charge in [0.15, 0.2) is 0 Å². The fourth-order valence-corrected chi connectivity index (χ4v) is 2.53. The Morgan fingerprint density at radius 3 is 2.88 bits per heavy atom. The lowest BCUT2D eigenvalue weighted by molar-refractivity contribution is 0.207. The predicted octanol–water partition coefficient (Wildman–Crippen LogP) is 2.90. The Morgan fingerprint density at radius 1 is 1.41 bits per heavy atom. The van der Waals surface area contributed by atoms with E-state index in [-0.39, 0.29) is 0 Å². The molecule has 0 saturated heterocycles. The number of hydrogen-bond acceptors (Lipinski definition) is 2. The Labute approximate surface area is 115 Å². The number of aliphatic hydroxyl groups is 1. The van der Waals surface area contributed by atoms with E-state index in [2.05, 4.69) is 40.7 Å². The lowest BCUT2D eigenvalue weighted by Gasteiger charge is -2.15. The minimum absolute atomic E-state index is 0.607. The lowest BCUT2D eigenvalue weighted by Crippen LogP contribution is -2.10. The van der Waals surface area contributed by atoms with Crippen LogP contribution < -0.4 is 0 Å². The Hall–Kier alpha value is -0.880. The van der Waals surface area contributed by atoms with Gasteiger partial charge in [-0.1, -0.05) is 18.2 Å². The summed E-state index contributed by atoms with van der Waals surface area (Å²) >= 11 is 2.28. The second-order valence-corrected chi connectivity index (χ2v) is 5.03. The summed E-state index contributed by atoms with van der Waals surface area (Å²) in [5, 5.41) is 14.6. The zero-order chi connectivity index (χ0) is 12.4. The summed E-state index contributed by atoms with van der Waals surface area (Å²) in [6.45, 7) is 4.83. The number of benzene rings is 1. The molecular weight excluding hydrogens is 327 g/mol.